The predicted octanol–water partition coefficient (Wildman–Crippen LogP) is 4.59. The van der Waals surface area contributed by atoms with E-state index in [1.165, 1.54) is 11.8 Å². The number of nitrogens with one attached hydrogen (secondary N) is 1. The molecule has 2 heterocycles. The van der Waals surface area contributed by atoms with E-state index in [4.69, 9.17) is 9.47 Å². The lowest BCUT2D eigenvalue weighted by Crippen LogP contribution is -2.15. The van der Waals surface area contributed by atoms with Crippen molar-refractivity contribution < 1.29 is 14.3 Å². The van der Waals surface area contributed by atoms with Gasteiger partial charge in [0.25, 0.3) is 0 Å². The van der Waals surface area contributed by atoms with Crippen molar-refractivity contribution in [3.63, 3.8) is 0 Å². The van der Waals surface area contributed by atoms with Gasteiger partial charge in [0, 0.05) is 28.4 Å². The standard InChI is InChI=1S/C23H23N3O3S/c1-15-13-16(2)25-23(24-15)30-19-7-5-18(6-8-19)26-22(27)10-4-17-3-9-20-21(14-17)29-12-11-28-20/h3,5-9,13-14H,4,10-12H2,1-2H3,(H,26,27). The number of anilines is 1. The number of carbonyl (C=O) groups is 1. The van der Waals surface area contributed by atoms with Gasteiger partial charge < -0.3 is 14.8 Å². The molecular weight excluding hydrogens is 398 g/mol. The molecule has 1 amide bonds. The zero-order chi connectivity index (χ0) is 20.9. The first-order valence-electron chi connectivity index (χ1n) is 9.84. The number of amides is 1. The highest BCUT2D eigenvalue weighted by molar-refractivity contribution is 7.99. The molecule has 1 aliphatic heterocycles. The third-order valence-electron chi connectivity index (χ3n) is 4.56. The van der Waals surface area contributed by atoms with Crippen LogP contribution in [-0.2, 0) is 11.2 Å². The van der Waals surface area contributed by atoms with Gasteiger partial charge in [-0.1, -0.05) is 6.07 Å². The lowest BCUT2D eigenvalue weighted by Gasteiger charge is -2.18. The lowest BCUT2D eigenvalue weighted by atomic mass is 10.1. The minimum atomic E-state index is -0.0251. The van der Waals surface area contributed by atoms with Crippen molar-refractivity contribution in [2.75, 3.05) is 18.5 Å². The van der Waals surface area contributed by atoms with Crippen molar-refractivity contribution in [2.24, 2.45) is 0 Å². The van der Waals surface area contributed by atoms with Gasteiger partial charge in [-0.2, -0.15) is 0 Å². The Bertz CT molecular complexity index is 1030. The Morgan fingerprint density at radius 1 is 0.967 bits per heavy atom. The highest BCUT2D eigenvalue weighted by Crippen LogP contribution is 2.31. The first-order valence-corrected chi connectivity index (χ1v) is 10.7. The molecule has 0 unspecified atom stereocenters. The first-order chi connectivity index (χ1) is 14.5. The van der Waals surface area contributed by atoms with E-state index in [0.717, 1.165) is 44.2 Å². The summed E-state index contributed by atoms with van der Waals surface area (Å²) in [5, 5.41) is 3.67. The van der Waals surface area contributed by atoms with Crippen LogP contribution in [0.3, 0.4) is 0 Å². The number of nitrogens with zero attached hydrogens (tertiary/aromatic N) is 2. The summed E-state index contributed by atoms with van der Waals surface area (Å²) >= 11 is 1.51. The highest BCUT2D eigenvalue weighted by Gasteiger charge is 2.12. The van der Waals surface area contributed by atoms with E-state index < -0.39 is 0 Å². The van der Waals surface area contributed by atoms with E-state index in [9.17, 15) is 4.79 Å². The van der Waals surface area contributed by atoms with Gasteiger partial charge in [-0.15, -0.1) is 0 Å². The first kappa shape index (κ1) is 20.2. The number of aryl methyl sites for hydroxylation is 3. The number of benzene rings is 2. The second-order valence-corrected chi connectivity index (χ2v) is 8.13. The number of rotatable bonds is 6. The van der Waals surface area contributed by atoms with Crippen LogP contribution in [0.4, 0.5) is 5.69 Å². The summed E-state index contributed by atoms with van der Waals surface area (Å²) in [5.41, 5.74) is 3.72. The molecule has 2 aromatic carbocycles. The Labute approximate surface area is 180 Å². The number of hydrogen-bond donors (Lipinski definition) is 1. The maximum absolute atomic E-state index is 12.3. The normalized spacial score (nSPS) is 12.5. The van der Waals surface area contributed by atoms with Crippen LogP contribution in [0.2, 0.25) is 0 Å². The van der Waals surface area contributed by atoms with Crippen LogP contribution in [-0.4, -0.2) is 29.1 Å². The van der Waals surface area contributed by atoms with Gasteiger partial charge in [0.2, 0.25) is 5.91 Å². The lowest BCUT2D eigenvalue weighted by molar-refractivity contribution is -0.116. The monoisotopic (exact) mass is 421 g/mol. The van der Waals surface area contributed by atoms with Crippen LogP contribution in [0.15, 0.2) is 58.6 Å². The maximum Gasteiger partial charge on any atom is 0.224 e. The molecular formula is C23H23N3O3S. The van der Waals surface area contributed by atoms with Crippen molar-refractivity contribution in [3.05, 3.63) is 65.5 Å². The molecule has 1 aromatic heterocycles. The van der Waals surface area contributed by atoms with Gasteiger partial charge in [0.15, 0.2) is 16.7 Å². The number of hydrogen-bond acceptors (Lipinski definition) is 6. The maximum atomic E-state index is 12.3. The predicted molar refractivity (Wildman–Crippen MR) is 116 cm³/mol. The van der Waals surface area contributed by atoms with Gasteiger partial charge >= 0.3 is 0 Å². The van der Waals surface area contributed by atoms with E-state index in [1.54, 1.807) is 0 Å². The largest absolute Gasteiger partial charge is 0.486 e. The SMILES string of the molecule is Cc1cc(C)nc(Sc2ccc(NC(=O)CCc3ccc4c(c3)OCCO4)cc2)n1. The van der Waals surface area contributed by atoms with Crippen molar-refractivity contribution >= 4 is 23.4 Å². The highest BCUT2D eigenvalue weighted by atomic mass is 32.2. The van der Waals surface area contributed by atoms with E-state index >= 15 is 0 Å². The van der Waals surface area contributed by atoms with E-state index in [2.05, 4.69) is 15.3 Å². The fourth-order valence-corrected chi connectivity index (χ4v) is 4.04. The van der Waals surface area contributed by atoms with E-state index in [-0.39, 0.29) is 5.91 Å². The van der Waals surface area contributed by atoms with Crippen molar-refractivity contribution in [1.29, 1.82) is 0 Å². The Balaban J connectivity index is 1.30. The molecule has 0 saturated heterocycles. The summed E-state index contributed by atoms with van der Waals surface area (Å²) in [6.07, 6.45) is 1.03. The van der Waals surface area contributed by atoms with E-state index in [0.29, 0.717) is 26.1 Å². The summed E-state index contributed by atoms with van der Waals surface area (Å²) in [5.74, 6) is 1.49. The van der Waals surface area contributed by atoms with Crippen LogP contribution in [0, 0.1) is 13.8 Å². The Hall–Kier alpha value is -3.06. The summed E-state index contributed by atoms with van der Waals surface area (Å²) in [6, 6.07) is 15.5. The summed E-state index contributed by atoms with van der Waals surface area (Å²) in [7, 11) is 0. The second-order valence-electron chi connectivity index (χ2n) is 7.09. The van der Waals surface area contributed by atoms with Crippen molar-refractivity contribution in [3.8, 4) is 11.5 Å². The molecule has 4 rings (SSSR count). The Morgan fingerprint density at radius 3 is 2.40 bits per heavy atom. The third kappa shape index (κ3) is 5.30. The molecule has 0 fully saturated rings. The number of aromatic nitrogens is 2. The average molecular weight is 422 g/mol. The molecule has 0 spiro atoms. The Kier molecular flexibility index (Phi) is 6.18. The molecule has 1 aliphatic rings. The smallest absolute Gasteiger partial charge is 0.224 e. The summed E-state index contributed by atoms with van der Waals surface area (Å²) in [4.78, 5) is 22.2. The molecule has 3 aromatic rings. The third-order valence-corrected chi connectivity index (χ3v) is 5.43. The fourth-order valence-electron chi connectivity index (χ4n) is 3.18. The second kappa shape index (κ2) is 9.17. The topological polar surface area (TPSA) is 73.3 Å². The number of fused-ring (bicyclic) bond motifs is 1. The van der Waals surface area contributed by atoms with Crippen LogP contribution in [0.25, 0.3) is 0 Å². The average Bonchev–Trinajstić information content (AvgIpc) is 2.73. The van der Waals surface area contributed by atoms with Crippen LogP contribution in [0.5, 0.6) is 11.5 Å². The molecule has 0 radical (unpaired) electrons. The van der Waals surface area contributed by atoms with Gasteiger partial charge in [0.05, 0.1) is 0 Å². The van der Waals surface area contributed by atoms with Crippen molar-refractivity contribution in [1.82, 2.24) is 9.97 Å². The van der Waals surface area contributed by atoms with Gasteiger partial charge in [-0.25, -0.2) is 9.97 Å². The van der Waals surface area contributed by atoms with Gasteiger partial charge in [-0.3, -0.25) is 4.79 Å². The van der Waals surface area contributed by atoms with Gasteiger partial charge in [-0.05, 0) is 80.1 Å². The molecule has 6 nitrogen and oxygen atoms in total. The molecule has 1 N–H and O–H groups in total. The zero-order valence-electron chi connectivity index (χ0n) is 17.0. The fraction of sp³-hybridized carbons (Fsp3) is 0.261. The summed E-state index contributed by atoms with van der Waals surface area (Å²) in [6.45, 7) is 5.05. The van der Waals surface area contributed by atoms with E-state index in [1.807, 2.05) is 62.4 Å². The molecule has 0 atom stereocenters. The van der Waals surface area contributed by atoms with Crippen LogP contribution >= 0.6 is 11.8 Å². The van der Waals surface area contributed by atoms with Crippen LogP contribution in [0.1, 0.15) is 23.4 Å². The molecule has 30 heavy (non-hydrogen) atoms. The van der Waals surface area contributed by atoms with Crippen molar-refractivity contribution in [2.45, 2.75) is 36.7 Å². The molecule has 0 saturated carbocycles. The van der Waals surface area contributed by atoms with Crippen LogP contribution < -0.4 is 14.8 Å². The molecule has 154 valence electrons. The minimum Gasteiger partial charge on any atom is -0.486 e. The number of carbonyl (C=O) groups excluding carboxylic acids is 1. The molecule has 0 aliphatic carbocycles. The van der Waals surface area contributed by atoms with Gasteiger partial charge in [0.1, 0.15) is 13.2 Å². The zero-order valence-corrected chi connectivity index (χ0v) is 17.8. The summed E-state index contributed by atoms with van der Waals surface area (Å²) < 4.78 is 11.1. The molecule has 0 bridgehead atoms. The quantitative estimate of drug-likeness (QED) is 0.587. The number of ether oxygens (including phenoxy) is 2. The molecule has 7 heteroatoms. The Morgan fingerprint density at radius 2 is 1.67 bits per heavy atom. The minimum absolute atomic E-state index is 0.0251.